The fraction of sp³-hybridized carbons (Fsp3) is 0.733. The summed E-state index contributed by atoms with van der Waals surface area (Å²) in [6, 6.07) is 4.64. The van der Waals surface area contributed by atoms with E-state index in [1.54, 1.807) is 11.3 Å². The molecule has 0 aliphatic heterocycles. The average molecular weight is 320 g/mol. The van der Waals surface area contributed by atoms with Gasteiger partial charge in [-0.25, -0.2) is 0 Å². The Morgan fingerprint density at radius 3 is 2.43 bits per heavy atom. The summed E-state index contributed by atoms with van der Waals surface area (Å²) in [7, 11) is 4.07. The van der Waals surface area contributed by atoms with Crippen molar-refractivity contribution in [3.8, 4) is 0 Å². The zero-order valence-electron chi connectivity index (χ0n) is 12.5. The van der Waals surface area contributed by atoms with Crippen LogP contribution >= 0.6 is 11.3 Å². The number of alkyl halides is 3. The second kappa shape index (κ2) is 7.11. The fourth-order valence-electron chi connectivity index (χ4n) is 2.92. The average Bonchev–Trinajstić information content (AvgIpc) is 2.92. The topological polar surface area (TPSA) is 15.3 Å². The van der Waals surface area contributed by atoms with E-state index in [-0.39, 0.29) is 24.9 Å². The SMILES string of the molecule is CN(C)C(CNC1CCC(C(F)(F)F)CC1)c1cccs1. The predicted molar refractivity (Wildman–Crippen MR) is 80.6 cm³/mol. The van der Waals surface area contributed by atoms with Crippen molar-refractivity contribution >= 4 is 11.3 Å². The second-order valence-electron chi connectivity index (χ2n) is 5.99. The summed E-state index contributed by atoms with van der Waals surface area (Å²) >= 11 is 1.72. The number of nitrogens with zero attached hydrogens (tertiary/aromatic N) is 1. The number of nitrogens with one attached hydrogen (secondary N) is 1. The molecule has 2 nitrogen and oxygen atoms in total. The van der Waals surface area contributed by atoms with E-state index < -0.39 is 12.1 Å². The van der Waals surface area contributed by atoms with Gasteiger partial charge in [0.05, 0.1) is 12.0 Å². The maximum Gasteiger partial charge on any atom is 0.391 e. The van der Waals surface area contributed by atoms with Gasteiger partial charge in [0.15, 0.2) is 0 Å². The Bertz CT molecular complexity index is 409. The van der Waals surface area contributed by atoms with E-state index in [1.807, 2.05) is 20.2 Å². The van der Waals surface area contributed by atoms with E-state index >= 15 is 0 Å². The molecule has 2 rings (SSSR count). The molecule has 1 unspecified atom stereocenters. The number of hydrogen-bond donors (Lipinski definition) is 1. The number of thiophene rings is 1. The first-order chi connectivity index (χ1) is 9.88. The highest BCUT2D eigenvalue weighted by atomic mass is 32.1. The fourth-order valence-corrected chi connectivity index (χ4v) is 3.84. The van der Waals surface area contributed by atoms with E-state index in [2.05, 4.69) is 21.7 Å². The minimum Gasteiger partial charge on any atom is -0.312 e. The van der Waals surface area contributed by atoms with E-state index in [0.29, 0.717) is 12.8 Å². The van der Waals surface area contributed by atoms with Crippen LogP contribution in [0, 0.1) is 5.92 Å². The van der Waals surface area contributed by atoms with E-state index in [0.717, 1.165) is 6.54 Å². The first-order valence-electron chi connectivity index (χ1n) is 7.38. The predicted octanol–water partition coefficient (Wildman–Crippen LogP) is 4.06. The van der Waals surface area contributed by atoms with Gasteiger partial charge in [-0.2, -0.15) is 13.2 Å². The molecule has 0 bridgehead atoms. The first-order valence-corrected chi connectivity index (χ1v) is 8.26. The standard InChI is InChI=1S/C15H23F3N2S/c1-20(2)13(14-4-3-9-21-14)10-19-12-7-5-11(6-8-12)15(16,17)18/h3-4,9,11-13,19H,5-8,10H2,1-2H3. The molecule has 0 amide bonds. The van der Waals surface area contributed by atoms with Crippen LogP contribution in [0.15, 0.2) is 17.5 Å². The third-order valence-corrected chi connectivity index (χ3v) is 5.26. The van der Waals surface area contributed by atoms with Crippen LogP contribution in [-0.2, 0) is 0 Å². The molecule has 0 radical (unpaired) electrons. The highest BCUT2D eigenvalue weighted by Crippen LogP contribution is 2.37. The van der Waals surface area contributed by atoms with Crippen LogP contribution in [0.2, 0.25) is 0 Å². The van der Waals surface area contributed by atoms with Crippen molar-refractivity contribution in [3.05, 3.63) is 22.4 Å². The lowest BCUT2D eigenvalue weighted by atomic mass is 9.85. The summed E-state index contributed by atoms with van der Waals surface area (Å²) in [5.74, 6) is -1.10. The molecule has 1 atom stereocenters. The molecule has 21 heavy (non-hydrogen) atoms. The largest absolute Gasteiger partial charge is 0.391 e. The quantitative estimate of drug-likeness (QED) is 0.880. The van der Waals surface area contributed by atoms with Gasteiger partial charge in [-0.1, -0.05) is 6.07 Å². The van der Waals surface area contributed by atoms with Gasteiger partial charge < -0.3 is 10.2 Å². The van der Waals surface area contributed by atoms with Crippen LogP contribution in [0.5, 0.6) is 0 Å². The number of halogens is 3. The molecule has 1 fully saturated rings. The number of hydrogen-bond acceptors (Lipinski definition) is 3. The molecule has 1 aliphatic rings. The Labute approximate surface area is 128 Å². The molecular formula is C15H23F3N2S. The van der Waals surface area contributed by atoms with Crippen molar-refractivity contribution in [2.24, 2.45) is 5.92 Å². The summed E-state index contributed by atoms with van der Waals surface area (Å²) in [6.45, 7) is 0.787. The second-order valence-corrected chi connectivity index (χ2v) is 6.97. The van der Waals surface area contributed by atoms with Crippen LogP contribution in [0.1, 0.15) is 36.6 Å². The van der Waals surface area contributed by atoms with Gasteiger partial charge in [-0.15, -0.1) is 11.3 Å². The Hall–Kier alpha value is -0.590. The molecule has 1 aromatic heterocycles. The molecule has 1 N–H and O–H groups in total. The summed E-state index contributed by atoms with van der Waals surface area (Å²) in [5, 5.41) is 5.52. The molecule has 1 aromatic rings. The van der Waals surface area contributed by atoms with E-state index in [4.69, 9.17) is 0 Å². The van der Waals surface area contributed by atoms with Crippen LogP contribution in [-0.4, -0.2) is 37.8 Å². The molecule has 1 heterocycles. The lowest BCUT2D eigenvalue weighted by Crippen LogP contribution is -2.40. The van der Waals surface area contributed by atoms with Gasteiger partial charge >= 0.3 is 6.18 Å². The lowest BCUT2D eigenvalue weighted by molar-refractivity contribution is -0.182. The van der Waals surface area contributed by atoms with Crippen LogP contribution < -0.4 is 5.32 Å². The first kappa shape index (κ1) is 16.8. The normalized spacial score (nSPS) is 25.2. The summed E-state index contributed by atoms with van der Waals surface area (Å²) in [5.41, 5.74) is 0. The summed E-state index contributed by atoms with van der Waals surface area (Å²) in [4.78, 5) is 3.44. The van der Waals surface area contributed by atoms with Crippen LogP contribution in [0.25, 0.3) is 0 Å². The highest BCUT2D eigenvalue weighted by molar-refractivity contribution is 7.10. The molecule has 1 aliphatic carbocycles. The van der Waals surface area contributed by atoms with Gasteiger partial charge in [-0.05, 0) is 51.2 Å². The van der Waals surface area contributed by atoms with Crippen molar-refractivity contribution in [2.75, 3.05) is 20.6 Å². The summed E-state index contributed by atoms with van der Waals surface area (Å²) in [6.07, 6.45) is -2.27. The van der Waals surface area contributed by atoms with Gasteiger partial charge in [0.2, 0.25) is 0 Å². The summed E-state index contributed by atoms with van der Waals surface area (Å²) < 4.78 is 37.9. The number of likely N-dealkylation sites (N-methyl/N-ethyl adjacent to an activating group) is 1. The van der Waals surface area contributed by atoms with Crippen molar-refractivity contribution < 1.29 is 13.2 Å². The maximum atomic E-state index is 12.6. The molecule has 0 aromatic carbocycles. The molecular weight excluding hydrogens is 297 g/mol. The van der Waals surface area contributed by atoms with E-state index in [1.165, 1.54) is 4.88 Å². The zero-order valence-corrected chi connectivity index (χ0v) is 13.3. The van der Waals surface area contributed by atoms with Gasteiger partial charge in [0.1, 0.15) is 0 Å². The third kappa shape index (κ3) is 4.69. The Morgan fingerprint density at radius 1 is 1.29 bits per heavy atom. The molecule has 6 heteroatoms. The highest BCUT2D eigenvalue weighted by Gasteiger charge is 2.41. The maximum absolute atomic E-state index is 12.6. The van der Waals surface area contributed by atoms with Gasteiger partial charge in [0.25, 0.3) is 0 Å². The Balaban J connectivity index is 1.81. The number of rotatable bonds is 5. The van der Waals surface area contributed by atoms with Gasteiger partial charge in [-0.3, -0.25) is 0 Å². The van der Waals surface area contributed by atoms with Crippen molar-refractivity contribution in [1.82, 2.24) is 10.2 Å². The van der Waals surface area contributed by atoms with Crippen LogP contribution in [0.4, 0.5) is 13.2 Å². The smallest absolute Gasteiger partial charge is 0.312 e. The minimum atomic E-state index is -4.02. The Morgan fingerprint density at radius 2 is 1.95 bits per heavy atom. The van der Waals surface area contributed by atoms with Crippen molar-refractivity contribution in [1.29, 1.82) is 0 Å². The zero-order chi connectivity index (χ0) is 15.5. The molecule has 0 saturated heterocycles. The lowest BCUT2D eigenvalue weighted by Gasteiger charge is -2.32. The van der Waals surface area contributed by atoms with E-state index in [9.17, 15) is 13.2 Å². The monoisotopic (exact) mass is 320 g/mol. The Kier molecular flexibility index (Phi) is 5.68. The molecule has 120 valence electrons. The third-order valence-electron chi connectivity index (χ3n) is 4.28. The van der Waals surface area contributed by atoms with Gasteiger partial charge in [0, 0.05) is 17.5 Å². The van der Waals surface area contributed by atoms with Crippen molar-refractivity contribution in [2.45, 2.75) is 43.9 Å². The van der Waals surface area contributed by atoms with Crippen LogP contribution in [0.3, 0.4) is 0 Å². The molecule has 0 spiro atoms. The van der Waals surface area contributed by atoms with Crippen molar-refractivity contribution in [3.63, 3.8) is 0 Å². The molecule has 1 saturated carbocycles. The minimum absolute atomic E-state index is 0.214.